The van der Waals surface area contributed by atoms with Crippen LogP contribution in [0.2, 0.25) is 10.0 Å². The lowest BCUT2D eigenvalue weighted by Gasteiger charge is -2.13. The van der Waals surface area contributed by atoms with Crippen molar-refractivity contribution in [2.24, 2.45) is 0 Å². The number of anilines is 1. The second-order valence-electron chi connectivity index (χ2n) is 4.23. The average Bonchev–Trinajstić information content (AvgIpc) is 2.85. The number of rotatable bonds is 1. The fraction of sp³-hybridized carbons (Fsp3) is 0.0909. The Bertz CT molecular complexity index is 876. The zero-order valence-corrected chi connectivity index (χ0v) is 16.1. The highest BCUT2D eigenvalue weighted by molar-refractivity contribution is 7.73. The summed E-state index contributed by atoms with van der Waals surface area (Å²) in [4.78, 5) is 0. The molecule has 0 spiro atoms. The zero-order chi connectivity index (χ0) is 22.2. The second-order valence-corrected chi connectivity index (χ2v) is 5.96. The van der Waals surface area contributed by atoms with Gasteiger partial charge in [0.2, 0.25) is 0 Å². The van der Waals surface area contributed by atoms with E-state index < -0.39 is 34.5 Å². The quantitative estimate of drug-likeness (QED) is 0.379. The van der Waals surface area contributed by atoms with Gasteiger partial charge in [-0.15, -0.1) is 0 Å². The molecule has 6 N–H and O–H groups in total. The molecule has 1 aromatic carbocycles. The van der Waals surface area contributed by atoms with Gasteiger partial charge in [-0.25, -0.2) is 4.68 Å². The Labute approximate surface area is 169 Å². The summed E-state index contributed by atoms with van der Waals surface area (Å²) < 4.78 is 84.5. The van der Waals surface area contributed by atoms with Crippen molar-refractivity contribution in [3.8, 4) is 11.8 Å². The summed E-state index contributed by atoms with van der Waals surface area (Å²) in [7, 11) is 0. The summed E-state index contributed by atoms with van der Waals surface area (Å²) in [6, 6.07) is 4.45. The van der Waals surface area contributed by atoms with Crippen LogP contribution in [0.5, 0.6) is 0 Å². The fourth-order valence-electron chi connectivity index (χ4n) is 1.56. The Kier molecular flexibility index (Phi) is 10.6. The number of nitrogen functional groups attached to an aromatic ring is 1. The molecular weight excluding hydrogens is 476 g/mol. The monoisotopic (exact) mass is 484 g/mol. The number of hydrogen-bond donors (Lipinski definition) is 5. The van der Waals surface area contributed by atoms with E-state index in [1.54, 1.807) is 6.07 Å². The minimum Gasteiger partial charge on any atom is -0.384 e. The third kappa shape index (κ3) is 8.95. The van der Waals surface area contributed by atoms with Crippen molar-refractivity contribution in [3.63, 3.8) is 0 Å². The number of alkyl halides is 3. The van der Waals surface area contributed by atoms with Gasteiger partial charge in [0, 0.05) is 6.07 Å². The van der Waals surface area contributed by atoms with Gasteiger partial charge in [0.15, 0.2) is 5.69 Å². The maximum atomic E-state index is 12.6. The van der Waals surface area contributed by atoms with Crippen LogP contribution in [0.4, 0.5) is 19.0 Å². The highest BCUT2D eigenvalue weighted by Crippen LogP contribution is 2.38. The van der Waals surface area contributed by atoms with Crippen molar-refractivity contribution in [2.45, 2.75) is 6.18 Å². The molecule has 0 fully saturated rings. The van der Waals surface area contributed by atoms with Gasteiger partial charge in [-0.2, -0.15) is 31.9 Å². The molecule has 0 unspecified atom stereocenters. The molecule has 2 rings (SSSR count). The highest BCUT2D eigenvalue weighted by Gasteiger charge is 2.32. The molecule has 0 aliphatic carbocycles. The van der Waals surface area contributed by atoms with E-state index >= 15 is 0 Å². The van der Waals surface area contributed by atoms with Crippen LogP contribution in [0.25, 0.3) is 5.69 Å². The molecule has 1 aromatic heterocycles. The first-order valence-corrected chi connectivity index (χ1v) is 9.01. The highest BCUT2D eigenvalue weighted by atomic mass is 35.5. The Balaban J connectivity index is 0.000000776. The standard InChI is InChI=1S/C11H5Cl2F3N4.2H2O3S/c12-7-1-5(11(14,15)16)2-8(13)10(7)20-9(18)3-6(4-17)19-20;2*1-4(2)3/h1-3H,18H2;2*(H2,1,2,3). The minimum atomic E-state index is -4.57. The van der Waals surface area contributed by atoms with Gasteiger partial charge in [0.1, 0.15) is 17.6 Å². The molecule has 0 saturated heterocycles. The Hall–Kier alpha value is -1.77. The van der Waals surface area contributed by atoms with Gasteiger partial charge < -0.3 is 5.73 Å². The second kappa shape index (κ2) is 11.3. The maximum absolute atomic E-state index is 12.6. The first kappa shape index (κ1) is 26.2. The van der Waals surface area contributed by atoms with Crippen LogP contribution in [0.1, 0.15) is 11.3 Å². The van der Waals surface area contributed by atoms with E-state index in [9.17, 15) is 13.2 Å². The number of nitrogens with zero attached hydrogens (tertiary/aromatic N) is 3. The van der Waals surface area contributed by atoms with Crippen LogP contribution < -0.4 is 5.73 Å². The summed E-state index contributed by atoms with van der Waals surface area (Å²) in [5, 5.41) is 12.0. The smallest absolute Gasteiger partial charge is 0.384 e. The van der Waals surface area contributed by atoms with Gasteiger partial charge in [0.05, 0.1) is 15.6 Å². The molecule has 28 heavy (non-hydrogen) atoms. The number of nitrogens with two attached hydrogens (primary N) is 1. The predicted molar refractivity (Wildman–Crippen MR) is 94.5 cm³/mol. The van der Waals surface area contributed by atoms with E-state index in [0.717, 1.165) is 16.8 Å². The number of nitriles is 1. The van der Waals surface area contributed by atoms with Crippen molar-refractivity contribution in [3.05, 3.63) is 39.5 Å². The third-order valence-corrected chi connectivity index (χ3v) is 2.98. The summed E-state index contributed by atoms with van der Waals surface area (Å²) in [6.45, 7) is 0. The summed E-state index contributed by atoms with van der Waals surface area (Å²) in [6.07, 6.45) is -4.57. The number of hydrogen-bond acceptors (Lipinski definition) is 5. The van der Waals surface area contributed by atoms with Gasteiger partial charge in [0.25, 0.3) is 22.7 Å². The molecule has 0 radical (unpaired) electrons. The van der Waals surface area contributed by atoms with E-state index in [0.29, 0.717) is 0 Å². The molecule has 0 saturated carbocycles. The minimum absolute atomic E-state index is 0.00506. The topological polar surface area (TPSA) is 183 Å². The first-order chi connectivity index (χ1) is 12.7. The average molecular weight is 485 g/mol. The number of aromatic nitrogens is 2. The van der Waals surface area contributed by atoms with Crippen molar-refractivity contribution in [1.29, 1.82) is 5.26 Å². The van der Waals surface area contributed by atoms with E-state index in [2.05, 4.69) is 5.10 Å². The van der Waals surface area contributed by atoms with Crippen LogP contribution in [-0.4, -0.2) is 36.4 Å². The molecule has 156 valence electrons. The van der Waals surface area contributed by atoms with Crippen molar-refractivity contribution in [1.82, 2.24) is 9.78 Å². The van der Waals surface area contributed by atoms with E-state index in [4.69, 9.17) is 60.8 Å². The number of halogens is 5. The molecule has 10 nitrogen and oxygen atoms in total. The Morgan fingerprint density at radius 1 is 1.07 bits per heavy atom. The van der Waals surface area contributed by atoms with Crippen LogP contribution in [-0.2, 0) is 28.9 Å². The summed E-state index contributed by atoms with van der Waals surface area (Å²) >= 11 is 6.41. The van der Waals surface area contributed by atoms with Crippen LogP contribution in [0.15, 0.2) is 18.2 Å². The van der Waals surface area contributed by atoms with Gasteiger partial charge in [-0.05, 0) is 12.1 Å². The van der Waals surface area contributed by atoms with Crippen LogP contribution >= 0.6 is 23.2 Å². The fourth-order valence-corrected chi connectivity index (χ4v) is 2.21. The molecule has 0 amide bonds. The van der Waals surface area contributed by atoms with Crippen LogP contribution in [0, 0.1) is 11.3 Å². The van der Waals surface area contributed by atoms with Crippen molar-refractivity contribution >= 4 is 51.7 Å². The lowest BCUT2D eigenvalue weighted by Crippen LogP contribution is -2.08. The normalized spacial score (nSPS) is 10.6. The zero-order valence-electron chi connectivity index (χ0n) is 13.0. The van der Waals surface area contributed by atoms with Crippen molar-refractivity contribution < 1.29 is 39.8 Å². The molecule has 1 heterocycles. The summed E-state index contributed by atoms with van der Waals surface area (Å²) in [5.74, 6) is 0.0325. The third-order valence-electron chi connectivity index (χ3n) is 2.41. The van der Waals surface area contributed by atoms with Gasteiger partial charge in [-0.1, -0.05) is 23.2 Å². The maximum Gasteiger partial charge on any atom is 0.416 e. The largest absolute Gasteiger partial charge is 0.416 e. The molecular formula is C11H9Cl2F3N4O6S2. The number of benzene rings is 1. The van der Waals surface area contributed by atoms with E-state index in [1.165, 1.54) is 6.07 Å². The lowest BCUT2D eigenvalue weighted by molar-refractivity contribution is -0.137. The van der Waals surface area contributed by atoms with E-state index in [-0.39, 0.29) is 27.2 Å². The Morgan fingerprint density at radius 3 is 1.75 bits per heavy atom. The lowest BCUT2D eigenvalue weighted by atomic mass is 10.2. The summed E-state index contributed by atoms with van der Waals surface area (Å²) in [5.41, 5.74) is 4.62. The SMILES string of the molecule is N#Cc1cc(N)n(-c2c(Cl)cc(C(F)(F)F)cc2Cl)n1.O=S(O)O.O=S(O)O. The van der Waals surface area contributed by atoms with Gasteiger partial charge in [-0.3, -0.25) is 18.2 Å². The first-order valence-electron chi connectivity index (χ1n) is 6.12. The molecule has 0 aliphatic heterocycles. The van der Waals surface area contributed by atoms with Gasteiger partial charge >= 0.3 is 6.18 Å². The van der Waals surface area contributed by atoms with Crippen LogP contribution in [0.3, 0.4) is 0 Å². The molecule has 0 atom stereocenters. The molecule has 0 aliphatic rings. The molecule has 17 heteroatoms. The molecule has 2 aromatic rings. The van der Waals surface area contributed by atoms with E-state index in [1.807, 2.05) is 0 Å². The predicted octanol–water partition coefficient (Wildman–Crippen LogP) is 3.01. The van der Waals surface area contributed by atoms with Crippen molar-refractivity contribution in [2.75, 3.05) is 5.73 Å². The molecule has 0 bridgehead atoms. The Morgan fingerprint density at radius 2 is 1.46 bits per heavy atom.